The van der Waals surface area contributed by atoms with Crippen molar-refractivity contribution in [3.05, 3.63) is 68.8 Å². The number of halogens is 2. The Morgan fingerprint density at radius 1 is 1.17 bits per heavy atom. The highest BCUT2D eigenvalue weighted by molar-refractivity contribution is 6.32. The molecule has 0 aliphatic rings. The van der Waals surface area contributed by atoms with Gasteiger partial charge in [-0.15, -0.1) is 0 Å². The zero-order chi connectivity index (χ0) is 17.4. The van der Waals surface area contributed by atoms with Crippen LogP contribution in [0.1, 0.15) is 22.4 Å². The van der Waals surface area contributed by atoms with Crippen LogP contribution in [0.25, 0.3) is 10.9 Å². The number of carbonyl (C=O) groups is 1. The highest BCUT2D eigenvalue weighted by Gasteiger charge is 2.18. The molecule has 0 unspecified atom stereocenters. The lowest BCUT2D eigenvalue weighted by Crippen LogP contribution is -2.05. The van der Waals surface area contributed by atoms with Gasteiger partial charge >= 0.3 is 5.97 Å². The van der Waals surface area contributed by atoms with Crippen LogP contribution in [0, 0.1) is 13.8 Å². The molecule has 0 saturated carbocycles. The minimum atomic E-state index is -0.840. The summed E-state index contributed by atoms with van der Waals surface area (Å²) in [6, 6.07) is 11.5. The van der Waals surface area contributed by atoms with E-state index in [1.807, 2.05) is 50.2 Å². The summed E-state index contributed by atoms with van der Waals surface area (Å²) in [4.78, 5) is 11.3. The van der Waals surface area contributed by atoms with Crippen molar-refractivity contribution in [1.82, 2.24) is 4.57 Å². The number of carboxylic acid groups (broad SMARTS) is 1. The predicted molar refractivity (Wildman–Crippen MR) is 98.3 cm³/mol. The highest BCUT2D eigenvalue weighted by Crippen LogP contribution is 2.32. The zero-order valence-corrected chi connectivity index (χ0v) is 14.9. The van der Waals surface area contributed by atoms with E-state index in [0.29, 0.717) is 16.6 Å². The molecule has 2 aromatic carbocycles. The second kappa shape index (κ2) is 6.50. The fraction of sp³-hybridized carbons (Fsp3) is 0.211. The minimum Gasteiger partial charge on any atom is -0.481 e. The first-order chi connectivity index (χ1) is 11.4. The van der Waals surface area contributed by atoms with Crippen LogP contribution in [0.15, 0.2) is 36.4 Å². The number of aliphatic carboxylic acids is 1. The Labute approximate surface area is 150 Å². The molecular weight excluding hydrogens is 345 g/mol. The standard InChI is InChI=1S/C19H17Cl2NO2/c1-11-6-16-15(8-19(23)24)12(2)22(18(16)9-17(11)21)10-13-4-3-5-14(20)7-13/h3-7,9H,8,10H2,1-2H3,(H,23,24). The second-order valence-electron chi connectivity index (χ2n) is 5.97. The van der Waals surface area contributed by atoms with Crippen LogP contribution in [0.4, 0.5) is 0 Å². The van der Waals surface area contributed by atoms with Crippen molar-refractivity contribution in [2.24, 2.45) is 0 Å². The molecule has 0 spiro atoms. The first-order valence-corrected chi connectivity index (χ1v) is 8.36. The number of nitrogens with zero attached hydrogens (tertiary/aromatic N) is 1. The number of hydrogen-bond acceptors (Lipinski definition) is 1. The van der Waals surface area contributed by atoms with Gasteiger partial charge in [0, 0.05) is 27.7 Å². The molecule has 0 aliphatic heterocycles. The predicted octanol–water partition coefficient (Wildman–Crippen LogP) is 5.24. The SMILES string of the molecule is Cc1cc2c(CC(=O)O)c(C)n(Cc3cccc(Cl)c3)c2cc1Cl. The smallest absolute Gasteiger partial charge is 0.307 e. The number of aromatic nitrogens is 1. The Morgan fingerprint density at radius 2 is 1.92 bits per heavy atom. The molecule has 24 heavy (non-hydrogen) atoms. The van der Waals surface area contributed by atoms with E-state index in [-0.39, 0.29) is 6.42 Å². The molecule has 1 N–H and O–H groups in total. The summed E-state index contributed by atoms with van der Waals surface area (Å²) < 4.78 is 2.10. The van der Waals surface area contributed by atoms with Crippen molar-refractivity contribution in [2.45, 2.75) is 26.8 Å². The molecule has 1 aromatic heterocycles. The van der Waals surface area contributed by atoms with E-state index < -0.39 is 5.97 Å². The van der Waals surface area contributed by atoms with Gasteiger partial charge in [0.25, 0.3) is 0 Å². The van der Waals surface area contributed by atoms with Crippen LogP contribution in [-0.2, 0) is 17.8 Å². The third-order valence-corrected chi connectivity index (χ3v) is 4.93. The molecule has 0 fully saturated rings. The lowest BCUT2D eigenvalue weighted by atomic mass is 10.1. The van der Waals surface area contributed by atoms with E-state index >= 15 is 0 Å². The monoisotopic (exact) mass is 361 g/mol. The highest BCUT2D eigenvalue weighted by atomic mass is 35.5. The average Bonchev–Trinajstić information content (AvgIpc) is 2.73. The fourth-order valence-electron chi connectivity index (χ4n) is 3.07. The largest absolute Gasteiger partial charge is 0.481 e. The molecule has 5 heteroatoms. The first-order valence-electron chi connectivity index (χ1n) is 7.61. The summed E-state index contributed by atoms with van der Waals surface area (Å²) >= 11 is 12.4. The molecular formula is C19H17Cl2NO2. The van der Waals surface area contributed by atoms with E-state index in [1.54, 1.807) is 0 Å². The third-order valence-electron chi connectivity index (χ3n) is 4.29. The molecule has 3 rings (SSSR count). The van der Waals surface area contributed by atoms with Crippen molar-refractivity contribution in [1.29, 1.82) is 0 Å². The van der Waals surface area contributed by atoms with Gasteiger partial charge in [0.2, 0.25) is 0 Å². The minimum absolute atomic E-state index is 0.00798. The average molecular weight is 362 g/mol. The lowest BCUT2D eigenvalue weighted by Gasteiger charge is -2.10. The number of hydrogen-bond donors (Lipinski definition) is 1. The van der Waals surface area contributed by atoms with Crippen molar-refractivity contribution in [2.75, 3.05) is 0 Å². The van der Waals surface area contributed by atoms with Crippen molar-refractivity contribution in [3.8, 4) is 0 Å². The number of benzene rings is 2. The Kier molecular flexibility index (Phi) is 4.57. The van der Waals surface area contributed by atoms with E-state index in [2.05, 4.69) is 4.57 Å². The van der Waals surface area contributed by atoms with Crippen molar-refractivity contribution in [3.63, 3.8) is 0 Å². The summed E-state index contributed by atoms with van der Waals surface area (Å²) in [5.41, 5.74) is 4.71. The third kappa shape index (κ3) is 3.14. The number of carboxylic acids is 1. The van der Waals surface area contributed by atoms with Crippen molar-refractivity contribution >= 4 is 40.1 Å². The fourth-order valence-corrected chi connectivity index (χ4v) is 3.44. The Bertz CT molecular complexity index is 944. The van der Waals surface area contributed by atoms with E-state index in [1.165, 1.54) is 0 Å². The van der Waals surface area contributed by atoms with Gasteiger partial charge < -0.3 is 9.67 Å². The van der Waals surface area contributed by atoms with Gasteiger partial charge in [-0.3, -0.25) is 4.79 Å². The maximum Gasteiger partial charge on any atom is 0.307 e. The maximum atomic E-state index is 11.3. The summed E-state index contributed by atoms with van der Waals surface area (Å²) in [6.07, 6.45) is -0.00798. The normalized spacial score (nSPS) is 11.2. The summed E-state index contributed by atoms with van der Waals surface area (Å²) in [5, 5.41) is 11.6. The molecule has 0 atom stereocenters. The summed E-state index contributed by atoms with van der Waals surface area (Å²) in [7, 11) is 0. The zero-order valence-electron chi connectivity index (χ0n) is 13.4. The topological polar surface area (TPSA) is 42.2 Å². The molecule has 1 heterocycles. The molecule has 0 aliphatic carbocycles. The Hall–Kier alpha value is -1.97. The molecule has 3 nitrogen and oxygen atoms in total. The lowest BCUT2D eigenvalue weighted by molar-refractivity contribution is -0.136. The van der Waals surface area contributed by atoms with Gasteiger partial charge in [-0.05, 0) is 54.8 Å². The summed E-state index contributed by atoms with van der Waals surface area (Å²) in [5.74, 6) is -0.840. The molecule has 3 aromatic rings. The van der Waals surface area contributed by atoms with Gasteiger partial charge in [-0.1, -0.05) is 35.3 Å². The van der Waals surface area contributed by atoms with E-state index in [4.69, 9.17) is 23.2 Å². The first kappa shape index (κ1) is 16.9. The van der Waals surface area contributed by atoms with E-state index in [9.17, 15) is 9.90 Å². The van der Waals surface area contributed by atoms with Crippen LogP contribution in [0.5, 0.6) is 0 Å². The number of rotatable bonds is 4. The van der Waals surface area contributed by atoms with Crippen molar-refractivity contribution < 1.29 is 9.90 Å². The van der Waals surface area contributed by atoms with Crippen LogP contribution in [0.2, 0.25) is 10.0 Å². The van der Waals surface area contributed by atoms with Crippen LogP contribution in [0.3, 0.4) is 0 Å². The Balaban J connectivity index is 2.20. The molecule has 124 valence electrons. The van der Waals surface area contributed by atoms with Gasteiger partial charge in [-0.25, -0.2) is 0 Å². The quantitative estimate of drug-likeness (QED) is 0.690. The molecule has 0 amide bonds. The Morgan fingerprint density at radius 3 is 2.58 bits per heavy atom. The summed E-state index contributed by atoms with van der Waals surface area (Å²) in [6.45, 7) is 4.49. The molecule has 0 bridgehead atoms. The second-order valence-corrected chi connectivity index (χ2v) is 6.81. The van der Waals surface area contributed by atoms with Crippen LogP contribution >= 0.6 is 23.2 Å². The molecule has 0 saturated heterocycles. The molecule has 0 radical (unpaired) electrons. The van der Waals surface area contributed by atoms with E-state index in [0.717, 1.165) is 33.3 Å². The van der Waals surface area contributed by atoms with Crippen LogP contribution < -0.4 is 0 Å². The van der Waals surface area contributed by atoms with Gasteiger partial charge in [0.05, 0.1) is 11.9 Å². The number of fused-ring (bicyclic) bond motifs is 1. The van der Waals surface area contributed by atoms with Gasteiger partial charge in [0.1, 0.15) is 0 Å². The number of aryl methyl sites for hydroxylation is 1. The van der Waals surface area contributed by atoms with Gasteiger partial charge in [0.15, 0.2) is 0 Å². The van der Waals surface area contributed by atoms with Gasteiger partial charge in [-0.2, -0.15) is 0 Å². The maximum absolute atomic E-state index is 11.3. The van der Waals surface area contributed by atoms with Crippen LogP contribution in [-0.4, -0.2) is 15.6 Å².